The van der Waals surface area contributed by atoms with Gasteiger partial charge >= 0.3 is 11.8 Å². The molecule has 8 heteroatoms. The van der Waals surface area contributed by atoms with Gasteiger partial charge in [-0.1, -0.05) is 6.07 Å². The first-order chi connectivity index (χ1) is 9.78. The van der Waals surface area contributed by atoms with Crippen LogP contribution in [0.1, 0.15) is 12.0 Å². The van der Waals surface area contributed by atoms with Crippen molar-refractivity contribution in [2.24, 2.45) is 0 Å². The number of hydrogen-bond acceptors (Lipinski definition) is 5. The summed E-state index contributed by atoms with van der Waals surface area (Å²) < 4.78 is 22.8. The van der Waals surface area contributed by atoms with Gasteiger partial charge in [-0.05, 0) is 25.0 Å². The second-order valence-electron chi connectivity index (χ2n) is 5.15. The first kappa shape index (κ1) is 15.4. The topological polar surface area (TPSA) is 96.4 Å². The zero-order valence-corrected chi connectivity index (χ0v) is 12.7. The van der Waals surface area contributed by atoms with Crippen molar-refractivity contribution in [2.45, 2.75) is 19.4 Å². The molecule has 1 N–H and O–H groups in total. The Hall–Kier alpha value is -1.96. The number of aryl methyl sites for hydroxylation is 1. The van der Waals surface area contributed by atoms with Gasteiger partial charge in [0.2, 0.25) is 0 Å². The summed E-state index contributed by atoms with van der Waals surface area (Å²) in [5.41, 5.74) is 0.938. The molecule has 0 spiro atoms. The summed E-state index contributed by atoms with van der Waals surface area (Å²) in [4.78, 5) is 29.0. The molecule has 1 aromatic heterocycles. The van der Waals surface area contributed by atoms with Crippen molar-refractivity contribution in [3.8, 4) is 0 Å². The number of hydrogen-bond donors (Lipinski definition) is 1. The van der Waals surface area contributed by atoms with E-state index in [0.717, 1.165) is 5.56 Å². The highest BCUT2D eigenvalue weighted by molar-refractivity contribution is 7.91. The van der Waals surface area contributed by atoms with Gasteiger partial charge in [-0.2, -0.15) is 0 Å². The van der Waals surface area contributed by atoms with Crippen LogP contribution < -0.4 is 5.32 Å². The molecule has 2 heterocycles. The van der Waals surface area contributed by atoms with Crippen LogP contribution in [0.2, 0.25) is 0 Å². The Morgan fingerprint density at radius 1 is 1.38 bits per heavy atom. The molecule has 0 bridgehead atoms. The number of carbonyl (C=O) groups excluding carboxylic acids is 2. The number of amides is 2. The predicted molar refractivity (Wildman–Crippen MR) is 77.4 cm³/mol. The Balaban J connectivity index is 1.99. The molecule has 1 aromatic rings. The van der Waals surface area contributed by atoms with Crippen molar-refractivity contribution in [3.63, 3.8) is 0 Å². The van der Waals surface area contributed by atoms with Gasteiger partial charge < -0.3 is 10.2 Å². The third-order valence-electron chi connectivity index (χ3n) is 3.42. The van der Waals surface area contributed by atoms with E-state index in [1.807, 2.05) is 6.92 Å². The maximum atomic E-state index is 12.0. The lowest BCUT2D eigenvalue weighted by atomic mass is 10.2. The molecule has 1 unspecified atom stereocenters. The SMILES string of the molecule is Cc1ccc(NC(=O)C(=O)N(C)C2CCS(=O)(=O)C2)nc1. The summed E-state index contributed by atoms with van der Waals surface area (Å²) in [6.07, 6.45) is 1.94. The highest BCUT2D eigenvalue weighted by atomic mass is 32.2. The molecular weight excluding hydrogens is 294 g/mol. The molecular formula is C13H17N3O4S. The van der Waals surface area contributed by atoms with Gasteiger partial charge in [0, 0.05) is 19.3 Å². The smallest absolute Gasteiger partial charge is 0.315 e. The number of carbonyl (C=O) groups is 2. The Morgan fingerprint density at radius 3 is 2.62 bits per heavy atom. The minimum Gasteiger partial charge on any atom is -0.333 e. The van der Waals surface area contributed by atoms with E-state index in [9.17, 15) is 18.0 Å². The maximum Gasteiger partial charge on any atom is 0.315 e. The number of nitrogens with zero attached hydrogens (tertiary/aromatic N) is 2. The van der Waals surface area contributed by atoms with E-state index in [4.69, 9.17) is 0 Å². The van der Waals surface area contributed by atoms with E-state index in [-0.39, 0.29) is 17.3 Å². The Morgan fingerprint density at radius 2 is 2.10 bits per heavy atom. The molecule has 2 rings (SSSR count). The molecule has 1 aliphatic rings. The van der Waals surface area contributed by atoms with E-state index in [1.165, 1.54) is 11.9 Å². The van der Waals surface area contributed by atoms with Crippen LogP contribution in [0.5, 0.6) is 0 Å². The van der Waals surface area contributed by atoms with Crippen LogP contribution in [0.25, 0.3) is 0 Å². The molecule has 1 aliphatic heterocycles. The van der Waals surface area contributed by atoms with Crippen molar-refractivity contribution in [2.75, 3.05) is 23.9 Å². The number of likely N-dealkylation sites (N-methyl/N-ethyl adjacent to an activating group) is 1. The van der Waals surface area contributed by atoms with Crippen LogP contribution in [0.4, 0.5) is 5.82 Å². The molecule has 1 fully saturated rings. The highest BCUT2D eigenvalue weighted by Gasteiger charge is 2.34. The molecule has 1 atom stereocenters. The lowest BCUT2D eigenvalue weighted by Gasteiger charge is -2.22. The minimum atomic E-state index is -3.10. The van der Waals surface area contributed by atoms with Crippen LogP contribution >= 0.6 is 0 Å². The molecule has 1 saturated heterocycles. The van der Waals surface area contributed by atoms with Gasteiger partial charge in [-0.3, -0.25) is 9.59 Å². The molecule has 0 aromatic carbocycles. The lowest BCUT2D eigenvalue weighted by molar-refractivity contribution is -0.143. The third kappa shape index (κ3) is 3.78. The standard InChI is InChI=1S/C13H17N3O4S/c1-9-3-4-11(14-7-9)15-12(17)13(18)16(2)10-5-6-21(19,20)8-10/h3-4,7,10H,5-6,8H2,1-2H3,(H,14,15,17). The van der Waals surface area contributed by atoms with Crippen molar-refractivity contribution in [3.05, 3.63) is 23.9 Å². The van der Waals surface area contributed by atoms with E-state index < -0.39 is 27.7 Å². The Kier molecular flexibility index (Phi) is 4.26. The number of pyridine rings is 1. The fourth-order valence-electron chi connectivity index (χ4n) is 2.12. The van der Waals surface area contributed by atoms with E-state index in [0.29, 0.717) is 6.42 Å². The fourth-order valence-corrected chi connectivity index (χ4v) is 3.89. The molecule has 21 heavy (non-hydrogen) atoms. The molecule has 2 amide bonds. The van der Waals surface area contributed by atoms with Crippen molar-refractivity contribution in [1.29, 1.82) is 0 Å². The summed E-state index contributed by atoms with van der Waals surface area (Å²) in [6, 6.07) is 2.92. The highest BCUT2D eigenvalue weighted by Crippen LogP contribution is 2.16. The van der Waals surface area contributed by atoms with Crippen molar-refractivity contribution in [1.82, 2.24) is 9.88 Å². The van der Waals surface area contributed by atoms with Gasteiger partial charge in [-0.25, -0.2) is 13.4 Å². The molecule has 7 nitrogen and oxygen atoms in total. The summed E-state index contributed by atoms with van der Waals surface area (Å²) in [5.74, 6) is -1.34. The zero-order chi connectivity index (χ0) is 15.6. The summed E-state index contributed by atoms with van der Waals surface area (Å²) in [7, 11) is -1.66. The second kappa shape index (κ2) is 5.80. The predicted octanol–water partition coefficient (Wildman–Crippen LogP) is -0.0260. The van der Waals surface area contributed by atoms with Gasteiger partial charge in [0.25, 0.3) is 0 Å². The average Bonchev–Trinajstić information content (AvgIpc) is 2.80. The van der Waals surface area contributed by atoms with Crippen LogP contribution in [0.15, 0.2) is 18.3 Å². The average molecular weight is 311 g/mol. The van der Waals surface area contributed by atoms with E-state index in [1.54, 1.807) is 18.3 Å². The number of anilines is 1. The molecule has 0 aliphatic carbocycles. The van der Waals surface area contributed by atoms with E-state index >= 15 is 0 Å². The normalized spacial score (nSPS) is 20.0. The number of rotatable bonds is 2. The maximum absolute atomic E-state index is 12.0. The van der Waals surface area contributed by atoms with Crippen LogP contribution in [-0.2, 0) is 19.4 Å². The van der Waals surface area contributed by atoms with Crippen LogP contribution in [-0.4, -0.2) is 54.7 Å². The second-order valence-corrected chi connectivity index (χ2v) is 7.38. The summed E-state index contributed by atoms with van der Waals surface area (Å²) in [6.45, 7) is 1.86. The van der Waals surface area contributed by atoms with Gasteiger partial charge in [0.15, 0.2) is 9.84 Å². The third-order valence-corrected chi connectivity index (χ3v) is 5.17. The van der Waals surface area contributed by atoms with Crippen molar-refractivity contribution < 1.29 is 18.0 Å². The Bertz CT molecular complexity index is 654. The van der Waals surface area contributed by atoms with Gasteiger partial charge in [0.1, 0.15) is 5.82 Å². The van der Waals surface area contributed by atoms with Crippen molar-refractivity contribution >= 4 is 27.5 Å². The number of sulfone groups is 1. The zero-order valence-electron chi connectivity index (χ0n) is 11.9. The van der Waals surface area contributed by atoms with Gasteiger partial charge in [-0.15, -0.1) is 0 Å². The lowest BCUT2D eigenvalue weighted by Crippen LogP contribution is -2.44. The van der Waals surface area contributed by atoms with Crippen LogP contribution in [0, 0.1) is 6.92 Å². The Labute approximate surface area is 123 Å². The summed E-state index contributed by atoms with van der Waals surface area (Å²) in [5, 5.41) is 2.40. The largest absolute Gasteiger partial charge is 0.333 e. The quantitative estimate of drug-likeness (QED) is 0.774. The molecule has 0 radical (unpaired) electrons. The van der Waals surface area contributed by atoms with E-state index in [2.05, 4.69) is 10.3 Å². The van der Waals surface area contributed by atoms with Gasteiger partial charge in [0.05, 0.1) is 11.5 Å². The first-order valence-corrected chi connectivity index (χ1v) is 8.32. The first-order valence-electron chi connectivity index (χ1n) is 6.50. The number of nitrogens with one attached hydrogen (secondary N) is 1. The number of aromatic nitrogens is 1. The molecule has 0 saturated carbocycles. The molecule has 114 valence electrons. The van der Waals surface area contributed by atoms with Crippen LogP contribution in [0.3, 0.4) is 0 Å². The summed E-state index contributed by atoms with van der Waals surface area (Å²) >= 11 is 0. The minimum absolute atomic E-state index is 0.0520. The monoisotopic (exact) mass is 311 g/mol. The fraction of sp³-hybridized carbons (Fsp3) is 0.462.